The number of carbonyl (C=O) groups excluding carboxylic acids is 1. The lowest BCUT2D eigenvalue weighted by molar-refractivity contribution is 0.0727. The number of allylic oxidation sites excluding steroid dienone is 1. The lowest BCUT2D eigenvalue weighted by Gasteiger charge is -2.27. The Kier molecular flexibility index (Phi) is 4.05. The van der Waals surface area contributed by atoms with E-state index in [2.05, 4.69) is 27.1 Å². The lowest BCUT2D eigenvalue weighted by Crippen LogP contribution is -2.37. The lowest BCUT2D eigenvalue weighted by atomic mass is 10.1. The van der Waals surface area contributed by atoms with Crippen LogP contribution in [-0.4, -0.2) is 56.6 Å². The van der Waals surface area contributed by atoms with Crippen LogP contribution < -0.4 is 4.90 Å². The molecule has 1 aliphatic heterocycles. The van der Waals surface area contributed by atoms with Gasteiger partial charge < -0.3 is 9.80 Å². The third-order valence-corrected chi connectivity index (χ3v) is 3.75. The van der Waals surface area contributed by atoms with Gasteiger partial charge in [0.1, 0.15) is 0 Å². The summed E-state index contributed by atoms with van der Waals surface area (Å²) in [5.41, 5.74) is 2.34. The zero-order valence-electron chi connectivity index (χ0n) is 13.3. The number of carbonyl (C=O) groups is 1. The van der Waals surface area contributed by atoms with Crippen LogP contribution in [0.5, 0.6) is 0 Å². The van der Waals surface area contributed by atoms with Gasteiger partial charge in [-0.25, -0.2) is 4.68 Å². The third kappa shape index (κ3) is 3.05. The summed E-state index contributed by atoms with van der Waals surface area (Å²) >= 11 is 0. The molecule has 0 unspecified atom stereocenters. The Hall–Kier alpha value is -2.77. The Morgan fingerprint density at radius 1 is 1.39 bits per heavy atom. The predicted octanol–water partition coefficient (Wildman–Crippen LogP) is 0.519. The Morgan fingerprint density at radius 2 is 2.22 bits per heavy atom. The van der Waals surface area contributed by atoms with Crippen LogP contribution in [0.3, 0.4) is 0 Å². The van der Waals surface area contributed by atoms with Crippen molar-refractivity contribution in [2.45, 2.75) is 19.5 Å². The molecule has 0 saturated carbocycles. The number of fused-ring (bicyclic) bond motifs is 1. The standard InChI is InChI=1S/C15H19N7O/c1-4-6-22-10-13(17-19-22)15(23)21-7-5-12-11(9-21)8-14(18-16-12)20(2)3/h4,8,10H,1,5-7,9H2,2-3H3. The molecule has 0 fully saturated rings. The van der Waals surface area contributed by atoms with Gasteiger partial charge in [-0.05, 0) is 11.6 Å². The molecule has 120 valence electrons. The van der Waals surface area contributed by atoms with Crippen molar-refractivity contribution in [2.24, 2.45) is 0 Å². The first-order valence-corrected chi connectivity index (χ1v) is 7.41. The molecule has 0 aromatic carbocycles. The van der Waals surface area contributed by atoms with E-state index in [1.165, 1.54) is 0 Å². The minimum atomic E-state index is -0.117. The second kappa shape index (κ2) is 6.15. The molecule has 8 nitrogen and oxygen atoms in total. The van der Waals surface area contributed by atoms with Gasteiger partial charge in [-0.3, -0.25) is 4.79 Å². The average Bonchev–Trinajstić information content (AvgIpc) is 3.02. The van der Waals surface area contributed by atoms with E-state index in [1.54, 1.807) is 21.9 Å². The van der Waals surface area contributed by atoms with Crippen molar-refractivity contribution >= 4 is 11.7 Å². The summed E-state index contributed by atoms with van der Waals surface area (Å²) in [6.07, 6.45) is 4.06. The van der Waals surface area contributed by atoms with Crippen LogP contribution in [0.1, 0.15) is 21.7 Å². The highest BCUT2D eigenvalue weighted by molar-refractivity contribution is 5.92. The number of aromatic nitrogens is 5. The molecule has 3 heterocycles. The van der Waals surface area contributed by atoms with Gasteiger partial charge in [-0.1, -0.05) is 11.3 Å². The van der Waals surface area contributed by atoms with Crippen molar-refractivity contribution < 1.29 is 4.79 Å². The monoisotopic (exact) mass is 313 g/mol. The summed E-state index contributed by atoms with van der Waals surface area (Å²) in [5.74, 6) is 0.671. The van der Waals surface area contributed by atoms with Gasteiger partial charge in [0.2, 0.25) is 0 Å². The van der Waals surface area contributed by atoms with Crippen LogP contribution in [0.15, 0.2) is 24.9 Å². The molecule has 0 radical (unpaired) electrons. The second-order valence-corrected chi connectivity index (χ2v) is 5.66. The summed E-state index contributed by atoms with van der Waals surface area (Å²) < 4.78 is 1.59. The van der Waals surface area contributed by atoms with Crippen molar-refractivity contribution in [3.05, 3.63) is 41.9 Å². The summed E-state index contributed by atoms with van der Waals surface area (Å²) in [6, 6.07) is 1.98. The first-order valence-electron chi connectivity index (χ1n) is 7.41. The normalized spacial score (nSPS) is 13.6. The molecule has 0 aliphatic carbocycles. The third-order valence-electron chi connectivity index (χ3n) is 3.75. The summed E-state index contributed by atoms with van der Waals surface area (Å²) in [4.78, 5) is 16.3. The topological polar surface area (TPSA) is 80.0 Å². The molecule has 8 heteroatoms. The average molecular weight is 313 g/mol. The van der Waals surface area contributed by atoms with E-state index in [1.807, 2.05) is 25.1 Å². The number of amides is 1. The minimum Gasteiger partial charge on any atom is -0.361 e. The van der Waals surface area contributed by atoms with Crippen LogP contribution >= 0.6 is 0 Å². The van der Waals surface area contributed by atoms with Crippen molar-refractivity contribution in [1.82, 2.24) is 30.1 Å². The largest absolute Gasteiger partial charge is 0.361 e. The van der Waals surface area contributed by atoms with E-state index < -0.39 is 0 Å². The molecule has 3 rings (SSSR count). The van der Waals surface area contributed by atoms with Crippen molar-refractivity contribution in [2.75, 3.05) is 25.5 Å². The molecule has 0 spiro atoms. The molecule has 0 N–H and O–H groups in total. The predicted molar refractivity (Wildman–Crippen MR) is 85.0 cm³/mol. The Morgan fingerprint density at radius 3 is 2.96 bits per heavy atom. The number of hydrogen-bond donors (Lipinski definition) is 0. The van der Waals surface area contributed by atoms with Gasteiger partial charge in [0.25, 0.3) is 5.91 Å². The van der Waals surface area contributed by atoms with Gasteiger partial charge in [-0.2, -0.15) is 5.10 Å². The van der Waals surface area contributed by atoms with Crippen molar-refractivity contribution in [1.29, 1.82) is 0 Å². The SMILES string of the molecule is C=CCn1cc(C(=O)N2CCc3nnc(N(C)C)cc3C2)nn1. The zero-order chi connectivity index (χ0) is 16.4. The molecule has 1 aliphatic rings. The summed E-state index contributed by atoms with van der Waals surface area (Å²) in [7, 11) is 3.83. The highest BCUT2D eigenvalue weighted by Crippen LogP contribution is 2.21. The molecule has 0 bridgehead atoms. The maximum absolute atomic E-state index is 12.6. The maximum Gasteiger partial charge on any atom is 0.276 e. The van der Waals surface area contributed by atoms with Gasteiger partial charge in [-0.15, -0.1) is 16.8 Å². The van der Waals surface area contributed by atoms with Crippen LogP contribution in [0.25, 0.3) is 0 Å². The minimum absolute atomic E-state index is 0.117. The molecule has 2 aromatic rings. The smallest absolute Gasteiger partial charge is 0.276 e. The fourth-order valence-electron chi connectivity index (χ4n) is 2.49. The zero-order valence-corrected chi connectivity index (χ0v) is 13.3. The van der Waals surface area contributed by atoms with E-state index >= 15 is 0 Å². The van der Waals surface area contributed by atoms with E-state index in [9.17, 15) is 4.79 Å². The van der Waals surface area contributed by atoms with E-state index in [0.717, 1.165) is 17.1 Å². The Bertz CT molecular complexity index is 737. The number of anilines is 1. The fourth-order valence-corrected chi connectivity index (χ4v) is 2.49. The Labute approximate surface area is 134 Å². The van der Waals surface area contributed by atoms with Crippen LogP contribution in [-0.2, 0) is 19.5 Å². The number of nitrogens with zero attached hydrogens (tertiary/aromatic N) is 7. The Balaban J connectivity index is 1.78. The van der Waals surface area contributed by atoms with Crippen LogP contribution in [0, 0.1) is 0 Å². The van der Waals surface area contributed by atoms with Gasteiger partial charge >= 0.3 is 0 Å². The molecule has 2 aromatic heterocycles. The number of rotatable bonds is 4. The molecule has 23 heavy (non-hydrogen) atoms. The summed E-state index contributed by atoms with van der Waals surface area (Å²) in [5, 5.41) is 16.3. The van der Waals surface area contributed by atoms with E-state index in [0.29, 0.717) is 31.7 Å². The quantitative estimate of drug-likeness (QED) is 0.766. The second-order valence-electron chi connectivity index (χ2n) is 5.66. The molecular formula is C15H19N7O. The van der Waals surface area contributed by atoms with E-state index in [-0.39, 0.29) is 5.91 Å². The van der Waals surface area contributed by atoms with Gasteiger partial charge in [0, 0.05) is 33.6 Å². The highest BCUT2D eigenvalue weighted by atomic mass is 16.2. The molecule has 0 atom stereocenters. The summed E-state index contributed by atoms with van der Waals surface area (Å²) in [6.45, 7) is 5.30. The highest BCUT2D eigenvalue weighted by Gasteiger charge is 2.25. The molecular weight excluding hydrogens is 294 g/mol. The fraction of sp³-hybridized carbons (Fsp3) is 0.400. The molecule has 1 amide bonds. The number of hydrogen-bond acceptors (Lipinski definition) is 6. The van der Waals surface area contributed by atoms with E-state index in [4.69, 9.17) is 0 Å². The van der Waals surface area contributed by atoms with Crippen LogP contribution in [0.4, 0.5) is 5.82 Å². The van der Waals surface area contributed by atoms with Crippen molar-refractivity contribution in [3.63, 3.8) is 0 Å². The van der Waals surface area contributed by atoms with Crippen molar-refractivity contribution in [3.8, 4) is 0 Å². The first kappa shape index (κ1) is 15.1. The maximum atomic E-state index is 12.6. The van der Waals surface area contributed by atoms with Gasteiger partial charge in [0.15, 0.2) is 11.5 Å². The van der Waals surface area contributed by atoms with Crippen LogP contribution in [0.2, 0.25) is 0 Å². The molecule has 0 saturated heterocycles. The van der Waals surface area contributed by atoms with Gasteiger partial charge in [0.05, 0.1) is 18.4 Å². The first-order chi connectivity index (χ1) is 11.1.